The maximum absolute atomic E-state index is 6.48. The van der Waals surface area contributed by atoms with Crippen LogP contribution in [0.2, 0.25) is 0 Å². The summed E-state index contributed by atoms with van der Waals surface area (Å²) in [5.74, 6) is 3.51. The molecule has 7 nitrogen and oxygen atoms in total. The van der Waals surface area contributed by atoms with Crippen LogP contribution in [0.4, 0.5) is 0 Å². The summed E-state index contributed by atoms with van der Waals surface area (Å²) in [5.41, 5.74) is 33.4. The molecular formula is C104H60N6OS. The summed E-state index contributed by atoms with van der Waals surface area (Å²) >= 11 is 1.78. The number of rotatable bonds is 9. The topological polar surface area (TPSA) is 90.5 Å². The van der Waals surface area contributed by atoms with Crippen LogP contribution in [-0.2, 0) is 10.8 Å². The van der Waals surface area contributed by atoms with E-state index in [1.54, 1.807) is 11.3 Å². The Labute approximate surface area is 648 Å². The van der Waals surface area contributed by atoms with Gasteiger partial charge in [0.05, 0.1) is 10.8 Å². The third kappa shape index (κ3) is 9.15. The van der Waals surface area contributed by atoms with Gasteiger partial charge in [0.2, 0.25) is 0 Å². The van der Waals surface area contributed by atoms with E-state index >= 15 is 0 Å². The predicted molar refractivity (Wildman–Crippen MR) is 455 cm³/mol. The summed E-state index contributed by atoms with van der Waals surface area (Å²) in [7, 11) is 0. The van der Waals surface area contributed by atoms with Gasteiger partial charge in [-0.05, 0) is 189 Å². The van der Waals surface area contributed by atoms with E-state index in [2.05, 4.69) is 328 Å². The molecular weight excluding hydrogens is 1380 g/mol. The van der Waals surface area contributed by atoms with Crippen molar-refractivity contribution in [3.8, 4) is 146 Å². The zero-order chi connectivity index (χ0) is 73.3. The molecule has 112 heavy (non-hydrogen) atoms. The lowest BCUT2D eigenvalue weighted by Crippen LogP contribution is -2.25. The van der Waals surface area contributed by atoms with Crippen molar-refractivity contribution >= 4 is 53.4 Å². The Balaban J connectivity index is 0.574. The number of hydrogen-bond acceptors (Lipinski definition) is 8. The van der Waals surface area contributed by atoms with Crippen LogP contribution in [0.1, 0.15) is 44.5 Å². The molecule has 4 aliphatic rings. The van der Waals surface area contributed by atoms with E-state index in [1.807, 2.05) is 36.4 Å². The zero-order valence-corrected chi connectivity index (χ0v) is 61.0. The molecule has 0 amide bonds. The molecule has 0 aliphatic heterocycles. The second kappa shape index (κ2) is 24.0. The van der Waals surface area contributed by atoms with E-state index in [-0.39, 0.29) is 0 Å². The van der Waals surface area contributed by atoms with Gasteiger partial charge in [-0.15, -0.1) is 11.3 Å². The number of nitrogens with zero attached hydrogens (tertiary/aromatic N) is 6. The number of furan rings is 1. The minimum absolute atomic E-state index is 0.405. The lowest BCUT2D eigenvalue weighted by atomic mass is 9.70. The van der Waals surface area contributed by atoms with E-state index < -0.39 is 10.8 Å². The monoisotopic (exact) mass is 1440 g/mol. The van der Waals surface area contributed by atoms with Crippen LogP contribution in [0.5, 0.6) is 0 Å². The van der Waals surface area contributed by atoms with Crippen molar-refractivity contribution in [3.63, 3.8) is 0 Å². The summed E-state index contributed by atoms with van der Waals surface area (Å²) in [4.78, 5) is 31.9. The maximum Gasteiger partial charge on any atom is 0.164 e. The van der Waals surface area contributed by atoms with Crippen LogP contribution in [0.25, 0.3) is 188 Å². The largest absolute Gasteiger partial charge is 0.456 e. The molecule has 0 saturated carbocycles. The first-order valence-corrected chi connectivity index (χ1v) is 38.9. The third-order valence-corrected chi connectivity index (χ3v) is 25.2. The summed E-state index contributed by atoms with van der Waals surface area (Å²) < 4.78 is 8.80. The highest BCUT2D eigenvalue weighted by Crippen LogP contribution is 2.65. The van der Waals surface area contributed by atoms with Crippen LogP contribution in [0.15, 0.2) is 368 Å². The Morgan fingerprint density at radius 2 is 0.491 bits per heavy atom. The number of benzene rings is 16. The second-order valence-electron chi connectivity index (χ2n) is 29.8. The number of aromatic nitrogens is 6. The molecule has 0 fully saturated rings. The molecule has 0 bridgehead atoms. The van der Waals surface area contributed by atoms with Crippen molar-refractivity contribution in [1.82, 2.24) is 29.9 Å². The SMILES string of the molecule is c1ccc(-c2nc(-c3cccc(-c4ccc5c(c4)-c4ccccc4C54c5ccccc5-c5ccccc54)c3)nc(-c3ccc4c(c3)sc3ccc(-c5cccc(-c6nc(-c7cccc(-c8ccc9c(c8)-c8ccccc8C98c9ccccc9-c9ccccc98)c7)nc(-c7ccc8c(c7)oc7ccccc78)n6)c5)cc34)n2)cc1. The number of fused-ring (bicyclic) bond motifs is 26. The van der Waals surface area contributed by atoms with E-state index in [0.29, 0.717) is 34.9 Å². The average Bonchev–Trinajstić information content (AvgIpc) is 1.51. The van der Waals surface area contributed by atoms with Gasteiger partial charge in [0.25, 0.3) is 0 Å². The first-order chi connectivity index (χ1) is 55.4. The van der Waals surface area contributed by atoms with Crippen molar-refractivity contribution in [2.75, 3.05) is 0 Å². The summed E-state index contributed by atoms with van der Waals surface area (Å²) in [6.07, 6.45) is 0. The Kier molecular flexibility index (Phi) is 13.4. The molecule has 4 heterocycles. The van der Waals surface area contributed by atoms with Gasteiger partial charge < -0.3 is 4.42 Å². The van der Waals surface area contributed by atoms with Gasteiger partial charge in [-0.3, -0.25) is 0 Å². The smallest absolute Gasteiger partial charge is 0.164 e. The van der Waals surface area contributed by atoms with Crippen LogP contribution in [0.3, 0.4) is 0 Å². The van der Waals surface area contributed by atoms with E-state index in [1.165, 1.54) is 99.1 Å². The molecule has 16 aromatic carbocycles. The molecule has 24 rings (SSSR count). The van der Waals surface area contributed by atoms with Crippen LogP contribution >= 0.6 is 11.3 Å². The fraction of sp³-hybridized carbons (Fsp3) is 0.0192. The zero-order valence-electron chi connectivity index (χ0n) is 60.1. The van der Waals surface area contributed by atoms with Crippen LogP contribution < -0.4 is 0 Å². The lowest BCUT2D eigenvalue weighted by Gasteiger charge is -2.30. The van der Waals surface area contributed by atoms with Crippen LogP contribution in [-0.4, -0.2) is 29.9 Å². The van der Waals surface area contributed by atoms with E-state index in [4.69, 9.17) is 34.3 Å². The Morgan fingerprint density at radius 3 is 0.955 bits per heavy atom. The average molecular weight is 1440 g/mol. The number of hydrogen-bond donors (Lipinski definition) is 0. The van der Waals surface area contributed by atoms with E-state index in [0.717, 1.165) is 98.8 Å². The summed E-state index contributed by atoms with van der Waals surface area (Å²) in [6.45, 7) is 0. The molecule has 0 unspecified atom stereocenters. The molecule has 0 saturated heterocycles. The van der Waals surface area contributed by atoms with Crippen molar-refractivity contribution in [2.24, 2.45) is 0 Å². The van der Waals surface area contributed by atoms with Gasteiger partial charge in [0.15, 0.2) is 34.9 Å². The quantitative estimate of drug-likeness (QED) is 0.142. The van der Waals surface area contributed by atoms with E-state index in [9.17, 15) is 0 Å². The van der Waals surface area contributed by atoms with Crippen molar-refractivity contribution in [3.05, 3.63) is 408 Å². The Morgan fingerprint density at radius 1 is 0.179 bits per heavy atom. The highest BCUT2D eigenvalue weighted by Gasteiger charge is 2.53. The normalized spacial score (nSPS) is 13.3. The summed E-state index contributed by atoms with van der Waals surface area (Å²) in [6, 6.07) is 132. The van der Waals surface area contributed by atoms with Crippen molar-refractivity contribution in [2.45, 2.75) is 10.8 Å². The molecule has 0 radical (unpaired) electrons. The highest BCUT2D eigenvalue weighted by atomic mass is 32.1. The molecule has 8 heteroatoms. The number of para-hydroxylation sites is 1. The second-order valence-corrected chi connectivity index (χ2v) is 30.9. The Hall–Kier alpha value is -14.4. The molecule has 20 aromatic rings. The van der Waals surface area contributed by atoms with Gasteiger partial charge in [-0.2, -0.15) is 0 Å². The van der Waals surface area contributed by atoms with Crippen molar-refractivity contribution in [1.29, 1.82) is 0 Å². The predicted octanol–water partition coefficient (Wildman–Crippen LogP) is 26.0. The minimum atomic E-state index is -0.420. The molecule has 4 aliphatic carbocycles. The molecule has 0 N–H and O–H groups in total. The molecule has 4 aromatic heterocycles. The first-order valence-electron chi connectivity index (χ1n) is 38.1. The maximum atomic E-state index is 6.48. The fourth-order valence-electron chi connectivity index (χ4n) is 19.1. The number of thiophene rings is 1. The third-order valence-electron chi connectivity index (χ3n) is 24.0. The van der Waals surface area contributed by atoms with Gasteiger partial charge in [-0.25, -0.2) is 29.9 Å². The molecule has 2 spiro atoms. The van der Waals surface area contributed by atoms with Gasteiger partial charge in [0, 0.05) is 64.3 Å². The van der Waals surface area contributed by atoms with Gasteiger partial charge >= 0.3 is 0 Å². The van der Waals surface area contributed by atoms with Gasteiger partial charge in [-0.1, -0.05) is 297 Å². The first kappa shape index (κ1) is 62.6. The summed E-state index contributed by atoms with van der Waals surface area (Å²) in [5, 5.41) is 4.43. The standard InChI is InChI=1S/C104H60N6OS/c1-2-21-61(22-3-1)97-105-98(68-26-18-23-62(53-68)65-45-50-91-82(56-65)77-33-8-15-40-89(77)103(91)85-36-11-4-29-73(85)74-30-5-12-37-86(74)103)110-102(106-97)72-44-49-81-84-58-67(47-52-95(84)112-96(81)60-72)64-25-20-28-70(55-64)100-107-99(108-101(109-100)71-43-48-80-79-35-10-17-42-93(79)111-94(80)59-71)69-27-19-24-63(54-69)66-46-51-92-83(57-66)78-34-9-16-41-90(78)104(92)87-38-13-6-31-75(87)76-32-7-14-39-88(76)104/h1-60H. The van der Waals surface area contributed by atoms with Gasteiger partial charge in [0.1, 0.15) is 11.2 Å². The van der Waals surface area contributed by atoms with Crippen molar-refractivity contribution < 1.29 is 4.42 Å². The highest BCUT2D eigenvalue weighted by molar-refractivity contribution is 7.25. The lowest BCUT2D eigenvalue weighted by molar-refractivity contribution is 0.669. The molecule has 0 atom stereocenters. The fourth-order valence-corrected chi connectivity index (χ4v) is 20.3. The Bertz CT molecular complexity index is 7340. The minimum Gasteiger partial charge on any atom is -0.456 e. The van der Waals surface area contributed by atoms with Crippen LogP contribution in [0, 0.1) is 0 Å². The molecule has 518 valence electrons.